The van der Waals surface area contributed by atoms with Gasteiger partial charge in [-0.2, -0.15) is 4.39 Å². The van der Waals surface area contributed by atoms with Crippen molar-refractivity contribution < 1.29 is 23.4 Å². The molecule has 5 rings (SSSR count). The number of rotatable bonds is 7. The van der Waals surface area contributed by atoms with Gasteiger partial charge in [0.1, 0.15) is 18.9 Å². The molecule has 0 aliphatic carbocycles. The molecule has 1 saturated heterocycles. The van der Waals surface area contributed by atoms with E-state index in [1.165, 1.54) is 0 Å². The molecule has 0 saturated carbocycles. The average Bonchev–Trinajstić information content (AvgIpc) is 3.31. The second-order valence-electron chi connectivity index (χ2n) is 8.47. The zero-order valence-corrected chi connectivity index (χ0v) is 19.1. The lowest BCUT2D eigenvalue weighted by atomic mass is 10.0. The first-order valence-electron chi connectivity index (χ1n) is 11.5. The smallest absolute Gasteiger partial charge is 0.338 e. The third-order valence-electron chi connectivity index (χ3n) is 6.11. The number of aromatic amines is 1. The van der Waals surface area contributed by atoms with Gasteiger partial charge in [0.25, 0.3) is 5.56 Å². The highest BCUT2D eigenvalue weighted by Crippen LogP contribution is 2.31. The second-order valence-corrected chi connectivity index (χ2v) is 8.47. The summed E-state index contributed by atoms with van der Waals surface area (Å²) in [4.78, 5) is 38.6. The highest BCUT2D eigenvalue weighted by atomic mass is 19.1. The van der Waals surface area contributed by atoms with Crippen molar-refractivity contribution in [2.45, 2.75) is 31.5 Å². The largest absolute Gasteiger partial charge is 0.459 e. The molecular formula is C27H23FN2O6. The van der Waals surface area contributed by atoms with Gasteiger partial charge in [-0.05, 0) is 22.4 Å². The van der Waals surface area contributed by atoms with Crippen molar-refractivity contribution in [3.63, 3.8) is 0 Å². The minimum Gasteiger partial charge on any atom is -0.459 e. The predicted molar refractivity (Wildman–Crippen MR) is 129 cm³/mol. The van der Waals surface area contributed by atoms with E-state index in [4.69, 9.17) is 14.2 Å². The number of nitrogens with zero attached hydrogens (tertiary/aromatic N) is 1. The standard InChI is InChI=1S/C27H23FN2O6/c28-21-14-30(27(33)29-25(21)31)24-13-22(34-15-17-7-2-1-3-8-17)23(36-24)16-35-26(32)20-12-6-10-18-9-4-5-11-19(18)20/h1-12,14,22-24H,13,15-16H2,(H,29,31,33)/t22-,23+,24+/m0/s1. The van der Waals surface area contributed by atoms with Crippen molar-refractivity contribution in [1.82, 2.24) is 9.55 Å². The van der Waals surface area contributed by atoms with Crippen LogP contribution in [0.3, 0.4) is 0 Å². The van der Waals surface area contributed by atoms with Crippen LogP contribution < -0.4 is 11.2 Å². The third kappa shape index (κ3) is 4.98. The van der Waals surface area contributed by atoms with E-state index in [9.17, 15) is 18.8 Å². The number of benzene rings is 3. The lowest BCUT2D eigenvalue weighted by Gasteiger charge is -2.19. The number of ether oxygens (including phenoxy) is 3. The molecule has 0 unspecified atom stereocenters. The van der Waals surface area contributed by atoms with Crippen molar-refractivity contribution in [2.24, 2.45) is 0 Å². The summed E-state index contributed by atoms with van der Waals surface area (Å²) in [6.07, 6.45) is -1.19. The normalized spacial score (nSPS) is 19.4. The van der Waals surface area contributed by atoms with Gasteiger partial charge >= 0.3 is 11.7 Å². The molecule has 36 heavy (non-hydrogen) atoms. The second kappa shape index (κ2) is 10.3. The van der Waals surface area contributed by atoms with E-state index in [2.05, 4.69) is 0 Å². The quantitative estimate of drug-likeness (QED) is 0.398. The maximum Gasteiger partial charge on any atom is 0.338 e. The number of fused-ring (bicyclic) bond motifs is 1. The van der Waals surface area contributed by atoms with Crippen LogP contribution in [0.2, 0.25) is 0 Å². The summed E-state index contributed by atoms with van der Waals surface area (Å²) in [5.41, 5.74) is -0.559. The zero-order chi connectivity index (χ0) is 25.1. The van der Waals surface area contributed by atoms with Gasteiger partial charge in [-0.3, -0.25) is 14.3 Å². The maximum absolute atomic E-state index is 13.9. The molecule has 9 heteroatoms. The molecule has 1 aromatic heterocycles. The molecule has 1 aliphatic heterocycles. The lowest BCUT2D eigenvalue weighted by Crippen LogP contribution is -2.34. The molecule has 4 aromatic rings. The topological polar surface area (TPSA) is 99.6 Å². The Bertz CT molecular complexity index is 1490. The van der Waals surface area contributed by atoms with E-state index in [1.807, 2.05) is 65.6 Å². The van der Waals surface area contributed by atoms with E-state index in [0.717, 1.165) is 27.1 Å². The molecule has 2 heterocycles. The number of halogens is 1. The SMILES string of the molecule is O=C(OC[C@H]1O[C@@H](n2cc(F)c(=O)[nH]c2=O)C[C@@H]1OCc1ccccc1)c1cccc2ccccc12. The van der Waals surface area contributed by atoms with Gasteiger partial charge in [0.2, 0.25) is 5.82 Å². The number of H-pyrrole nitrogens is 1. The molecule has 1 fully saturated rings. The molecule has 1 aliphatic rings. The highest BCUT2D eigenvalue weighted by Gasteiger charge is 2.38. The molecule has 8 nitrogen and oxygen atoms in total. The van der Waals surface area contributed by atoms with Crippen LogP contribution in [0.15, 0.2) is 88.6 Å². The van der Waals surface area contributed by atoms with E-state index < -0.39 is 41.5 Å². The molecular weight excluding hydrogens is 467 g/mol. The summed E-state index contributed by atoms with van der Waals surface area (Å²) in [7, 11) is 0. The van der Waals surface area contributed by atoms with E-state index in [-0.39, 0.29) is 19.6 Å². The fourth-order valence-electron chi connectivity index (χ4n) is 4.29. The Morgan fingerprint density at radius 2 is 1.78 bits per heavy atom. The van der Waals surface area contributed by atoms with Gasteiger partial charge in [-0.25, -0.2) is 9.59 Å². The van der Waals surface area contributed by atoms with Crippen LogP contribution in [0.25, 0.3) is 10.8 Å². The average molecular weight is 490 g/mol. The van der Waals surface area contributed by atoms with Crippen molar-refractivity contribution in [2.75, 3.05) is 6.61 Å². The first-order chi connectivity index (χ1) is 17.5. The number of nitrogens with one attached hydrogen (secondary N) is 1. The lowest BCUT2D eigenvalue weighted by molar-refractivity contribution is -0.0708. The van der Waals surface area contributed by atoms with Gasteiger partial charge in [0.15, 0.2) is 0 Å². The van der Waals surface area contributed by atoms with Crippen molar-refractivity contribution in [1.29, 1.82) is 0 Å². The van der Waals surface area contributed by atoms with Crippen molar-refractivity contribution >= 4 is 16.7 Å². The molecule has 1 N–H and O–H groups in total. The molecule has 0 amide bonds. The van der Waals surface area contributed by atoms with E-state index >= 15 is 0 Å². The molecule has 3 aromatic carbocycles. The predicted octanol–water partition coefficient (Wildman–Crippen LogP) is 3.56. The summed E-state index contributed by atoms with van der Waals surface area (Å²) in [6, 6.07) is 22.3. The first-order valence-corrected chi connectivity index (χ1v) is 11.5. The maximum atomic E-state index is 13.9. The van der Waals surface area contributed by atoms with Gasteiger partial charge in [0, 0.05) is 6.42 Å². The van der Waals surface area contributed by atoms with E-state index in [1.54, 1.807) is 12.1 Å². The summed E-state index contributed by atoms with van der Waals surface area (Å²) in [5, 5.41) is 1.68. The first kappa shape index (κ1) is 23.7. The summed E-state index contributed by atoms with van der Waals surface area (Å²) >= 11 is 0. The van der Waals surface area contributed by atoms with Gasteiger partial charge in [0.05, 0.1) is 24.5 Å². The van der Waals surface area contributed by atoms with Crippen LogP contribution in [0.1, 0.15) is 28.6 Å². The Balaban J connectivity index is 1.34. The fourth-order valence-corrected chi connectivity index (χ4v) is 4.29. The van der Waals surface area contributed by atoms with Gasteiger partial charge in [-0.15, -0.1) is 0 Å². The molecule has 3 atom stereocenters. The van der Waals surface area contributed by atoms with Crippen LogP contribution in [-0.4, -0.2) is 34.3 Å². The third-order valence-corrected chi connectivity index (χ3v) is 6.11. The monoisotopic (exact) mass is 490 g/mol. The highest BCUT2D eigenvalue weighted by molar-refractivity contribution is 6.04. The van der Waals surface area contributed by atoms with Gasteiger partial charge in [-0.1, -0.05) is 66.7 Å². The summed E-state index contributed by atoms with van der Waals surface area (Å²) < 4.78 is 32.5. The molecule has 184 valence electrons. The fraction of sp³-hybridized carbons (Fsp3) is 0.222. The molecule has 0 spiro atoms. The number of hydrogen-bond acceptors (Lipinski definition) is 6. The molecule has 0 bridgehead atoms. The van der Waals surface area contributed by atoms with E-state index in [0.29, 0.717) is 5.56 Å². The minimum atomic E-state index is -1.11. The molecule has 0 radical (unpaired) electrons. The van der Waals surface area contributed by atoms with Crippen LogP contribution in [0.4, 0.5) is 4.39 Å². The van der Waals surface area contributed by atoms with Gasteiger partial charge < -0.3 is 14.2 Å². The number of carbonyl (C=O) groups is 1. The number of carbonyl (C=O) groups excluding carboxylic acids is 1. The Labute approximate surface area is 204 Å². The minimum absolute atomic E-state index is 0.140. The summed E-state index contributed by atoms with van der Waals surface area (Å²) in [6.45, 7) is 0.128. The Hall–Kier alpha value is -4.08. The van der Waals surface area contributed by atoms with Crippen LogP contribution in [-0.2, 0) is 20.8 Å². The number of esters is 1. The zero-order valence-electron chi connectivity index (χ0n) is 19.1. The summed E-state index contributed by atoms with van der Waals surface area (Å²) in [5.74, 6) is -1.63. The van der Waals surface area contributed by atoms with Crippen molar-refractivity contribution in [3.05, 3.63) is 117 Å². The Kier molecular flexibility index (Phi) is 6.75. The number of aromatic nitrogens is 2. The number of hydrogen-bond donors (Lipinski definition) is 1. The van der Waals surface area contributed by atoms with Crippen LogP contribution in [0.5, 0.6) is 0 Å². The van der Waals surface area contributed by atoms with Crippen molar-refractivity contribution in [3.8, 4) is 0 Å². The van der Waals surface area contributed by atoms with Crippen LogP contribution in [0, 0.1) is 5.82 Å². The van der Waals surface area contributed by atoms with Crippen LogP contribution >= 0.6 is 0 Å². The Morgan fingerprint density at radius 1 is 1.03 bits per heavy atom. The Morgan fingerprint density at radius 3 is 2.61 bits per heavy atom.